The summed E-state index contributed by atoms with van der Waals surface area (Å²) in [5.74, 6) is 0.866. The molecular formula is C23H28N6O2. The maximum Gasteiger partial charge on any atom is 0.247 e. The van der Waals surface area contributed by atoms with Crippen LogP contribution in [0.15, 0.2) is 55.4 Å². The third kappa shape index (κ3) is 5.08. The minimum absolute atomic E-state index is 0.0141. The molecule has 1 unspecified atom stereocenters. The monoisotopic (exact) mass is 420 g/mol. The lowest BCUT2D eigenvalue weighted by Gasteiger charge is -2.24. The molecule has 0 fully saturated rings. The minimum Gasteiger partial charge on any atom is -0.491 e. The Bertz CT molecular complexity index is 993. The number of fused-ring (bicyclic) bond motifs is 1. The van der Waals surface area contributed by atoms with Gasteiger partial charge in [0, 0.05) is 37.6 Å². The Labute approximate surface area is 182 Å². The molecule has 1 aromatic carbocycles. The fourth-order valence-corrected chi connectivity index (χ4v) is 3.81. The van der Waals surface area contributed by atoms with Gasteiger partial charge in [0.25, 0.3) is 0 Å². The molecule has 0 bridgehead atoms. The molecule has 4 rings (SSSR count). The van der Waals surface area contributed by atoms with Crippen LogP contribution in [0, 0.1) is 0 Å². The average molecular weight is 421 g/mol. The van der Waals surface area contributed by atoms with Gasteiger partial charge in [0.05, 0.1) is 6.54 Å². The molecule has 0 N–H and O–H groups in total. The number of aromatic nitrogens is 4. The number of pyridine rings is 1. The van der Waals surface area contributed by atoms with Crippen LogP contribution in [0.5, 0.6) is 5.75 Å². The average Bonchev–Trinajstić information content (AvgIpc) is 3.25. The summed E-state index contributed by atoms with van der Waals surface area (Å²) >= 11 is 0. The first-order valence-corrected chi connectivity index (χ1v) is 10.6. The smallest absolute Gasteiger partial charge is 0.247 e. The third-order valence-corrected chi connectivity index (χ3v) is 5.62. The predicted molar refractivity (Wildman–Crippen MR) is 116 cm³/mol. The molecule has 0 radical (unpaired) electrons. The largest absolute Gasteiger partial charge is 0.491 e. The molecule has 0 spiro atoms. The van der Waals surface area contributed by atoms with E-state index < -0.39 is 6.04 Å². The van der Waals surface area contributed by atoms with Gasteiger partial charge in [-0.05, 0) is 48.9 Å². The van der Waals surface area contributed by atoms with Crippen molar-refractivity contribution in [2.75, 3.05) is 19.7 Å². The lowest BCUT2D eigenvalue weighted by atomic mass is 10.1. The minimum atomic E-state index is -0.400. The standard InChI is InChI=1S/C23H28N6O2/c1-3-27(13-19-6-8-24-9-7-19)14-20-4-5-22-21(12-20)15-28(10-11-31-22)23(30)18(2)29-17-25-16-26-29/h4-9,12,16-18H,3,10-11,13-15H2,1-2H3. The molecule has 162 valence electrons. The first-order chi connectivity index (χ1) is 15.1. The van der Waals surface area contributed by atoms with E-state index in [1.54, 1.807) is 11.0 Å². The maximum absolute atomic E-state index is 13.0. The molecule has 0 saturated heterocycles. The van der Waals surface area contributed by atoms with Gasteiger partial charge in [0.2, 0.25) is 5.91 Å². The SMILES string of the molecule is CCN(Cc1ccncc1)Cc1ccc2c(c1)CN(C(=O)C(C)n1cncn1)CCO2. The van der Waals surface area contributed by atoms with E-state index >= 15 is 0 Å². The fraction of sp³-hybridized carbons (Fsp3) is 0.391. The highest BCUT2D eigenvalue weighted by Crippen LogP contribution is 2.26. The topological polar surface area (TPSA) is 76.4 Å². The van der Waals surface area contributed by atoms with E-state index in [4.69, 9.17) is 4.74 Å². The van der Waals surface area contributed by atoms with E-state index in [0.29, 0.717) is 19.7 Å². The van der Waals surface area contributed by atoms with E-state index in [9.17, 15) is 4.79 Å². The highest BCUT2D eigenvalue weighted by molar-refractivity contribution is 5.80. The molecule has 3 heterocycles. The second-order valence-electron chi connectivity index (χ2n) is 7.76. The highest BCUT2D eigenvalue weighted by Gasteiger charge is 2.25. The number of benzene rings is 1. The lowest BCUT2D eigenvalue weighted by molar-refractivity contribution is -0.135. The summed E-state index contributed by atoms with van der Waals surface area (Å²) < 4.78 is 7.52. The van der Waals surface area contributed by atoms with Crippen molar-refractivity contribution in [3.05, 3.63) is 72.1 Å². The number of rotatable bonds is 7. The first kappa shape index (κ1) is 21.0. The van der Waals surface area contributed by atoms with Crippen molar-refractivity contribution in [1.82, 2.24) is 29.5 Å². The molecular weight excluding hydrogens is 392 g/mol. The molecule has 1 atom stereocenters. The van der Waals surface area contributed by atoms with E-state index in [2.05, 4.69) is 39.0 Å². The van der Waals surface area contributed by atoms with Crippen LogP contribution < -0.4 is 4.74 Å². The van der Waals surface area contributed by atoms with Crippen LogP contribution in [-0.4, -0.2) is 55.2 Å². The molecule has 8 nitrogen and oxygen atoms in total. The quantitative estimate of drug-likeness (QED) is 0.585. The molecule has 0 saturated carbocycles. The Morgan fingerprint density at radius 2 is 1.97 bits per heavy atom. The summed E-state index contributed by atoms with van der Waals surface area (Å²) in [5, 5.41) is 4.11. The zero-order chi connectivity index (χ0) is 21.6. The summed E-state index contributed by atoms with van der Waals surface area (Å²) in [4.78, 5) is 25.3. The van der Waals surface area contributed by atoms with Crippen molar-refractivity contribution in [3.8, 4) is 5.75 Å². The molecule has 3 aromatic rings. The molecule has 0 aliphatic carbocycles. The van der Waals surface area contributed by atoms with Gasteiger partial charge < -0.3 is 9.64 Å². The Morgan fingerprint density at radius 3 is 2.71 bits per heavy atom. The number of hydrogen-bond donors (Lipinski definition) is 0. The van der Waals surface area contributed by atoms with E-state index in [-0.39, 0.29) is 5.91 Å². The second kappa shape index (κ2) is 9.70. The second-order valence-corrected chi connectivity index (χ2v) is 7.76. The molecule has 1 amide bonds. The number of nitrogens with zero attached hydrogens (tertiary/aromatic N) is 6. The Morgan fingerprint density at radius 1 is 1.16 bits per heavy atom. The van der Waals surface area contributed by atoms with Crippen molar-refractivity contribution >= 4 is 5.91 Å². The maximum atomic E-state index is 13.0. The molecule has 8 heteroatoms. The van der Waals surface area contributed by atoms with Crippen LogP contribution in [0.4, 0.5) is 0 Å². The number of ether oxygens (including phenoxy) is 1. The Kier molecular flexibility index (Phi) is 6.57. The van der Waals surface area contributed by atoms with E-state index in [1.165, 1.54) is 17.5 Å². The van der Waals surface area contributed by atoms with Gasteiger partial charge in [-0.1, -0.05) is 13.0 Å². The van der Waals surface area contributed by atoms with Crippen LogP contribution in [0.3, 0.4) is 0 Å². The van der Waals surface area contributed by atoms with Crippen molar-refractivity contribution < 1.29 is 9.53 Å². The van der Waals surface area contributed by atoms with Crippen molar-refractivity contribution in [2.24, 2.45) is 0 Å². The zero-order valence-electron chi connectivity index (χ0n) is 18.0. The van der Waals surface area contributed by atoms with Crippen LogP contribution in [0.1, 0.15) is 36.6 Å². The molecule has 31 heavy (non-hydrogen) atoms. The van der Waals surface area contributed by atoms with Crippen molar-refractivity contribution in [3.63, 3.8) is 0 Å². The lowest BCUT2D eigenvalue weighted by Crippen LogP contribution is -2.37. The first-order valence-electron chi connectivity index (χ1n) is 10.6. The van der Waals surface area contributed by atoms with Crippen LogP contribution in [0.2, 0.25) is 0 Å². The number of carbonyl (C=O) groups is 1. The van der Waals surface area contributed by atoms with E-state index in [0.717, 1.165) is 30.9 Å². The predicted octanol–water partition coefficient (Wildman–Crippen LogP) is 2.68. The van der Waals surface area contributed by atoms with Gasteiger partial charge in [0.1, 0.15) is 31.1 Å². The van der Waals surface area contributed by atoms with Gasteiger partial charge in [-0.25, -0.2) is 9.67 Å². The summed E-state index contributed by atoms with van der Waals surface area (Å²) in [7, 11) is 0. The van der Waals surface area contributed by atoms with Crippen LogP contribution >= 0.6 is 0 Å². The molecule has 2 aromatic heterocycles. The fourth-order valence-electron chi connectivity index (χ4n) is 3.81. The van der Waals surface area contributed by atoms with E-state index in [1.807, 2.05) is 42.4 Å². The highest BCUT2D eigenvalue weighted by atomic mass is 16.5. The summed E-state index contributed by atoms with van der Waals surface area (Å²) in [6, 6.07) is 10.0. The Hall–Kier alpha value is -3.26. The molecule has 1 aliphatic rings. The summed E-state index contributed by atoms with van der Waals surface area (Å²) in [6.07, 6.45) is 6.68. The number of carbonyl (C=O) groups excluding carboxylic acids is 1. The van der Waals surface area contributed by atoms with Gasteiger partial charge in [0.15, 0.2) is 0 Å². The Balaban J connectivity index is 1.47. The van der Waals surface area contributed by atoms with Crippen LogP contribution in [0.25, 0.3) is 0 Å². The van der Waals surface area contributed by atoms with Gasteiger partial charge in [-0.15, -0.1) is 0 Å². The van der Waals surface area contributed by atoms with Gasteiger partial charge >= 0.3 is 0 Å². The molecule has 1 aliphatic heterocycles. The van der Waals surface area contributed by atoms with Gasteiger partial charge in [-0.2, -0.15) is 5.10 Å². The zero-order valence-corrected chi connectivity index (χ0v) is 18.0. The van der Waals surface area contributed by atoms with Crippen molar-refractivity contribution in [1.29, 1.82) is 0 Å². The summed E-state index contributed by atoms with van der Waals surface area (Å²) in [6.45, 7) is 8.20. The third-order valence-electron chi connectivity index (χ3n) is 5.62. The summed E-state index contributed by atoms with van der Waals surface area (Å²) in [5.41, 5.74) is 3.49. The van der Waals surface area contributed by atoms with Gasteiger partial charge in [-0.3, -0.25) is 14.7 Å². The van der Waals surface area contributed by atoms with Crippen molar-refractivity contribution in [2.45, 2.75) is 39.5 Å². The normalized spacial score (nSPS) is 14.6. The number of hydrogen-bond acceptors (Lipinski definition) is 6. The number of amides is 1. The van der Waals surface area contributed by atoms with Crippen LogP contribution in [-0.2, 0) is 24.4 Å².